The van der Waals surface area contributed by atoms with Crippen LogP contribution >= 0.6 is 11.3 Å². The molecule has 2 aromatic rings. The summed E-state index contributed by atoms with van der Waals surface area (Å²) in [5.74, 6) is 0. The summed E-state index contributed by atoms with van der Waals surface area (Å²) in [6, 6.07) is 8.51. The van der Waals surface area contributed by atoms with Crippen LogP contribution in [0.4, 0.5) is 11.4 Å². The molecular formula is C13H15N3S. The highest BCUT2D eigenvalue weighted by atomic mass is 32.1. The molecule has 1 aromatic heterocycles. The largest absolute Gasteiger partial charge is 0.383 e. The van der Waals surface area contributed by atoms with E-state index in [1.54, 1.807) is 11.3 Å². The molecule has 1 aliphatic rings. The maximum Gasteiger partial charge on any atom is 0.112 e. The molecule has 0 aliphatic carbocycles. The minimum atomic E-state index is 0.913. The van der Waals surface area contributed by atoms with Crippen LogP contribution in [0, 0.1) is 0 Å². The van der Waals surface area contributed by atoms with Crippen LogP contribution in [0.1, 0.15) is 11.4 Å². The van der Waals surface area contributed by atoms with Crippen molar-refractivity contribution in [2.24, 2.45) is 0 Å². The van der Waals surface area contributed by atoms with Gasteiger partial charge in [-0.15, -0.1) is 11.3 Å². The fourth-order valence-corrected chi connectivity index (χ4v) is 2.80. The number of rotatable bonds is 2. The predicted octanol–water partition coefficient (Wildman–Crippen LogP) is 2.97. The molecule has 0 amide bonds. The molecule has 17 heavy (non-hydrogen) atoms. The van der Waals surface area contributed by atoms with Crippen LogP contribution in [-0.4, -0.2) is 18.1 Å². The van der Waals surface area contributed by atoms with Gasteiger partial charge in [-0.05, 0) is 18.6 Å². The van der Waals surface area contributed by atoms with Gasteiger partial charge in [-0.25, -0.2) is 4.98 Å². The number of nitrogens with zero attached hydrogens (tertiary/aromatic N) is 2. The van der Waals surface area contributed by atoms with E-state index in [0.717, 1.165) is 19.6 Å². The Hall–Kier alpha value is -1.55. The van der Waals surface area contributed by atoms with Crippen molar-refractivity contribution >= 4 is 22.7 Å². The van der Waals surface area contributed by atoms with E-state index in [2.05, 4.69) is 39.5 Å². The normalized spacial score (nSPS) is 14.9. The molecule has 88 valence electrons. The van der Waals surface area contributed by atoms with Crippen molar-refractivity contribution in [1.29, 1.82) is 0 Å². The molecule has 1 aliphatic heterocycles. The van der Waals surface area contributed by atoms with Crippen LogP contribution in [0.2, 0.25) is 0 Å². The summed E-state index contributed by atoms with van der Waals surface area (Å²) >= 11 is 1.72. The lowest BCUT2D eigenvalue weighted by molar-refractivity contribution is 0.761. The highest BCUT2D eigenvalue weighted by molar-refractivity contribution is 7.09. The number of hydrogen-bond acceptors (Lipinski definition) is 4. The topological polar surface area (TPSA) is 28.2 Å². The predicted molar refractivity (Wildman–Crippen MR) is 72.7 cm³/mol. The first kappa shape index (κ1) is 10.6. The van der Waals surface area contributed by atoms with Gasteiger partial charge >= 0.3 is 0 Å². The van der Waals surface area contributed by atoms with Gasteiger partial charge in [0.05, 0.1) is 17.9 Å². The third-order valence-corrected chi connectivity index (χ3v) is 3.74. The second-order valence-electron chi connectivity index (χ2n) is 4.14. The molecule has 0 saturated carbocycles. The van der Waals surface area contributed by atoms with Gasteiger partial charge in [0.15, 0.2) is 0 Å². The zero-order valence-electron chi connectivity index (χ0n) is 9.60. The van der Waals surface area contributed by atoms with Gasteiger partial charge in [0.1, 0.15) is 5.01 Å². The van der Waals surface area contributed by atoms with Crippen molar-refractivity contribution in [3.05, 3.63) is 40.8 Å². The quantitative estimate of drug-likeness (QED) is 0.881. The van der Waals surface area contributed by atoms with Gasteiger partial charge in [0.2, 0.25) is 0 Å². The summed E-state index contributed by atoms with van der Waals surface area (Å²) in [5, 5.41) is 6.70. The fourth-order valence-electron chi connectivity index (χ4n) is 2.17. The van der Waals surface area contributed by atoms with E-state index in [1.807, 2.05) is 11.6 Å². The van der Waals surface area contributed by atoms with Crippen LogP contribution in [-0.2, 0) is 6.54 Å². The van der Waals surface area contributed by atoms with Crippen molar-refractivity contribution in [2.75, 3.05) is 23.3 Å². The van der Waals surface area contributed by atoms with Crippen molar-refractivity contribution in [3.8, 4) is 0 Å². The average molecular weight is 245 g/mol. The van der Waals surface area contributed by atoms with Crippen LogP contribution in [0.3, 0.4) is 0 Å². The number of nitrogens with one attached hydrogen (secondary N) is 1. The number of fused-ring (bicyclic) bond motifs is 1. The van der Waals surface area contributed by atoms with Crippen molar-refractivity contribution in [2.45, 2.75) is 13.0 Å². The SMILES string of the molecule is c1ccc2c(c1)NCCCN2Cc1nccs1. The van der Waals surface area contributed by atoms with Gasteiger partial charge in [0, 0.05) is 24.7 Å². The molecule has 0 spiro atoms. The zero-order valence-corrected chi connectivity index (χ0v) is 10.4. The first-order valence-corrected chi connectivity index (χ1v) is 6.78. The van der Waals surface area contributed by atoms with Gasteiger partial charge in [-0.2, -0.15) is 0 Å². The Kier molecular flexibility index (Phi) is 2.96. The molecule has 2 heterocycles. The number of anilines is 2. The number of benzene rings is 1. The number of para-hydroxylation sites is 2. The van der Waals surface area contributed by atoms with E-state index in [-0.39, 0.29) is 0 Å². The third-order valence-electron chi connectivity index (χ3n) is 2.97. The Morgan fingerprint density at radius 1 is 1.35 bits per heavy atom. The minimum Gasteiger partial charge on any atom is -0.383 e. The van der Waals surface area contributed by atoms with Gasteiger partial charge in [-0.1, -0.05) is 12.1 Å². The van der Waals surface area contributed by atoms with E-state index in [4.69, 9.17) is 0 Å². The highest BCUT2D eigenvalue weighted by Crippen LogP contribution is 2.29. The zero-order chi connectivity index (χ0) is 11.5. The molecule has 0 unspecified atom stereocenters. The molecule has 0 saturated heterocycles. The smallest absolute Gasteiger partial charge is 0.112 e. The maximum atomic E-state index is 4.37. The summed E-state index contributed by atoms with van der Waals surface area (Å²) in [4.78, 5) is 6.78. The second-order valence-corrected chi connectivity index (χ2v) is 5.12. The molecule has 0 bridgehead atoms. The average Bonchev–Trinajstić information content (AvgIpc) is 2.78. The van der Waals surface area contributed by atoms with Gasteiger partial charge in [-0.3, -0.25) is 0 Å². The molecule has 1 N–H and O–H groups in total. The lowest BCUT2D eigenvalue weighted by Crippen LogP contribution is -2.23. The molecule has 0 atom stereocenters. The lowest BCUT2D eigenvalue weighted by atomic mass is 10.2. The van der Waals surface area contributed by atoms with E-state index >= 15 is 0 Å². The molecular weight excluding hydrogens is 230 g/mol. The summed E-state index contributed by atoms with van der Waals surface area (Å²) in [6.07, 6.45) is 3.04. The molecule has 3 nitrogen and oxygen atoms in total. The summed E-state index contributed by atoms with van der Waals surface area (Å²) in [5.41, 5.74) is 2.53. The minimum absolute atomic E-state index is 0.913. The molecule has 0 fully saturated rings. The highest BCUT2D eigenvalue weighted by Gasteiger charge is 2.15. The summed E-state index contributed by atoms with van der Waals surface area (Å²) < 4.78 is 0. The Labute approximate surface area is 105 Å². The first-order valence-electron chi connectivity index (χ1n) is 5.90. The maximum absolute atomic E-state index is 4.37. The van der Waals surface area contributed by atoms with Gasteiger partial charge < -0.3 is 10.2 Å². The Morgan fingerprint density at radius 3 is 3.18 bits per heavy atom. The molecule has 3 rings (SSSR count). The van der Waals surface area contributed by atoms with Crippen LogP contribution < -0.4 is 10.2 Å². The number of aromatic nitrogens is 1. The molecule has 4 heteroatoms. The van der Waals surface area contributed by atoms with E-state index in [1.165, 1.54) is 22.8 Å². The Morgan fingerprint density at radius 2 is 2.29 bits per heavy atom. The number of hydrogen-bond donors (Lipinski definition) is 1. The van der Waals surface area contributed by atoms with E-state index < -0.39 is 0 Å². The second kappa shape index (κ2) is 4.75. The van der Waals surface area contributed by atoms with Crippen molar-refractivity contribution < 1.29 is 0 Å². The number of thiazole rings is 1. The summed E-state index contributed by atoms with van der Waals surface area (Å²) in [7, 11) is 0. The van der Waals surface area contributed by atoms with Crippen LogP contribution in [0.5, 0.6) is 0 Å². The first-order chi connectivity index (χ1) is 8.43. The van der Waals surface area contributed by atoms with Crippen LogP contribution in [0.15, 0.2) is 35.8 Å². The molecule has 0 radical (unpaired) electrons. The van der Waals surface area contributed by atoms with E-state index in [0.29, 0.717) is 0 Å². The standard InChI is InChI=1S/C13H15N3S/c1-2-5-12-11(4-1)14-6-3-8-16(12)10-13-15-7-9-17-13/h1-2,4-5,7,9,14H,3,6,8,10H2. The van der Waals surface area contributed by atoms with Crippen molar-refractivity contribution in [1.82, 2.24) is 4.98 Å². The Balaban J connectivity index is 1.89. The fraction of sp³-hybridized carbons (Fsp3) is 0.308. The Bertz CT molecular complexity index is 481. The van der Waals surface area contributed by atoms with Crippen molar-refractivity contribution in [3.63, 3.8) is 0 Å². The third kappa shape index (κ3) is 2.26. The monoisotopic (exact) mass is 245 g/mol. The molecule has 1 aromatic carbocycles. The van der Waals surface area contributed by atoms with Crippen LogP contribution in [0.25, 0.3) is 0 Å². The van der Waals surface area contributed by atoms with E-state index in [9.17, 15) is 0 Å². The van der Waals surface area contributed by atoms with Gasteiger partial charge in [0.25, 0.3) is 0 Å². The summed E-state index contributed by atoms with van der Waals surface area (Å²) in [6.45, 7) is 3.05. The lowest BCUT2D eigenvalue weighted by Gasteiger charge is -2.23.